The minimum Gasteiger partial charge on any atom is -0.405 e. The predicted octanol–water partition coefficient (Wildman–Crippen LogP) is 3.08. The Kier molecular flexibility index (Phi) is 5.07. The fourth-order valence-electron chi connectivity index (χ4n) is 2.44. The van der Waals surface area contributed by atoms with E-state index in [0.717, 1.165) is 23.7 Å². The summed E-state index contributed by atoms with van der Waals surface area (Å²) in [6.45, 7) is 2.64. The van der Waals surface area contributed by atoms with Gasteiger partial charge in [0.2, 0.25) is 0 Å². The Labute approximate surface area is 126 Å². The first kappa shape index (κ1) is 15.6. The Morgan fingerprint density at radius 1 is 1.24 bits per heavy atom. The number of nitrogens with zero attached hydrogens (tertiary/aromatic N) is 1. The fourth-order valence-corrected chi connectivity index (χ4v) is 4.04. The standard InChI is InChI=1S/C16H22N2O2S/c1-2-3-6-12-21(19,20)16-13-18(11-7-10-17)15-9-5-4-8-14(15)16/h4-5,7-10,13H,2-3,6,11-12,17H2,1H3. The first-order chi connectivity index (χ1) is 10.1. The van der Waals surface area contributed by atoms with Crippen molar-refractivity contribution in [1.29, 1.82) is 0 Å². The highest BCUT2D eigenvalue weighted by Crippen LogP contribution is 2.27. The van der Waals surface area contributed by atoms with E-state index in [9.17, 15) is 8.42 Å². The van der Waals surface area contributed by atoms with Crippen molar-refractivity contribution >= 4 is 20.7 Å². The summed E-state index contributed by atoms with van der Waals surface area (Å²) in [7, 11) is -3.24. The fraction of sp³-hybridized carbons (Fsp3) is 0.375. The highest BCUT2D eigenvalue weighted by atomic mass is 32.2. The molecule has 0 unspecified atom stereocenters. The third-order valence-electron chi connectivity index (χ3n) is 3.54. The molecule has 2 N–H and O–H groups in total. The number of benzene rings is 1. The van der Waals surface area contributed by atoms with Gasteiger partial charge in [-0.05, 0) is 24.8 Å². The molecule has 0 fully saturated rings. The molecular weight excluding hydrogens is 284 g/mol. The van der Waals surface area contributed by atoms with Gasteiger partial charge in [-0.1, -0.05) is 38.0 Å². The van der Waals surface area contributed by atoms with Gasteiger partial charge >= 0.3 is 0 Å². The Bertz CT molecular complexity index is 730. The Morgan fingerprint density at radius 2 is 2.00 bits per heavy atom. The van der Waals surface area contributed by atoms with Gasteiger partial charge in [0, 0.05) is 23.6 Å². The molecule has 0 saturated heterocycles. The van der Waals surface area contributed by atoms with E-state index >= 15 is 0 Å². The van der Waals surface area contributed by atoms with Crippen LogP contribution in [0.15, 0.2) is 47.6 Å². The second-order valence-corrected chi connectivity index (χ2v) is 7.19. The predicted molar refractivity (Wildman–Crippen MR) is 86.8 cm³/mol. The molecule has 0 aliphatic heterocycles. The average Bonchev–Trinajstić information content (AvgIpc) is 2.85. The van der Waals surface area contributed by atoms with Gasteiger partial charge < -0.3 is 10.3 Å². The first-order valence-electron chi connectivity index (χ1n) is 7.27. The Balaban J connectivity index is 2.44. The van der Waals surface area contributed by atoms with Crippen LogP contribution in [-0.4, -0.2) is 18.7 Å². The number of unbranched alkanes of at least 4 members (excludes halogenated alkanes) is 2. The van der Waals surface area contributed by atoms with Gasteiger partial charge in [0.05, 0.1) is 10.6 Å². The molecule has 0 bridgehead atoms. The molecule has 0 saturated carbocycles. The van der Waals surface area contributed by atoms with Crippen LogP contribution in [0.3, 0.4) is 0 Å². The second kappa shape index (κ2) is 6.80. The van der Waals surface area contributed by atoms with E-state index in [1.165, 1.54) is 6.20 Å². The van der Waals surface area contributed by atoms with E-state index in [-0.39, 0.29) is 5.75 Å². The number of hydrogen-bond donors (Lipinski definition) is 1. The summed E-state index contributed by atoms with van der Waals surface area (Å²) in [5, 5.41) is 0.791. The smallest absolute Gasteiger partial charge is 0.180 e. The molecule has 1 aromatic heterocycles. The van der Waals surface area contributed by atoms with E-state index in [4.69, 9.17) is 5.73 Å². The van der Waals surface area contributed by atoms with Crippen molar-refractivity contribution in [2.75, 3.05) is 5.75 Å². The normalized spacial score (nSPS) is 12.4. The third kappa shape index (κ3) is 3.47. The molecule has 2 rings (SSSR count). The lowest BCUT2D eigenvalue weighted by Gasteiger charge is -2.02. The summed E-state index contributed by atoms with van der Waals surface area (Å²) < 4.78 is 27.0. The highest BCUT2D eigenvalue weighted by Gasteiger charge is 2.20. The summed E-state index contributed by atoms with van der Waals surface area (Å²) in [6.07, 6.45) is 7.67. The minimum absolute atomic E-state index is 0.210. The van der Waals surface area contributed by atoms with Crippen molar-refractivity contribution in [1.82, 2.24) is 4.57 Å². The van der Waals surface area contributed by atoms with Crippen molar-refractivity contribution in [2.45, 2.75) is 37.6 Å². The number of allylic oxidation sites excluding steroid dienone is 1. The number of nitrogens with two attached hydrogens (primary N) is 1. The van der Waals surface area contributed by atoms with Gasteiger partial charge in [-0.2, -0.15) is 0 Å². The van der Waals surface area contributed by atoms with Crippen molar-refractivity contribution in [2.24, 2.45) is 5.73 Å². The molecule has 21 heavy (non-hydrogen) atoms. The van der Waals surface area contributed by atoms with Crippen LogP contribution in [-0.2, 0) is 16.4 Å². The van der Waals surface area contributed by atoms with E-state index in [2.05, 4.69) is 6.92 Å². The maximum atomic E-state index is 12.6. The number of aromatic nitrogens is 1. The van der Waals surface area contributed by atoms with E-state index in [1.54, 1.807) is 12.3 Å². The van der Waals surface area contributed by atoms with Crippen LogP contribution in [0.1, 0.15) is 26.2 Å². The van der Waals surface area contributed by atoms with Gasteiger partial charge in [0.25, 0.3) is 0 Å². The van der Waals surface area contributed by atoms with Crippen LogP contribution in [0.25, 0.3) is 10.9 Å². The Morgan fingerprint density at radius 3 is 2.71 bits per heavy atom. The van der Waals surface area contributed by atoms with E-state index in [1.807, 2.05) is 28.8 Å². The summed E-state index contributed by atoms with van der Waals surface area (Å²) >= 11 is 0. The van der Waals surface area contributed by atoms with Crippen molar-refractivity contribution in [3.8, 4) is 0 Å². The molecule has 4 nitrogen and oxygen atoms in total. The minimum atomic E-state index is -3.24. The van der Waals surface area contributed by atoms with Crippen LogP contribution in [0, 0.1) is 0 Å². The van der Waals surface area contributed by atoms with Gasteiger partial charge in [-0.25, -0.2) is 8.42 Å². The zero-order valence-corrected chi connectivity index (χ0v) is 13.1. The van der Waals surface area contributed by atoms with Crippen LogP contribution in [0.5, 0.6) is 0 Å². The number of para-hydroxylation sites is 1. The summed E-state index contributed by atoms with van der Waals surface area (Å²) in [5.41, 5.74) is 6.30. The molecule has 0 amide bonds. The van der Waals surface area contributed by atoms with Crippen LogP contribution < -0.4 is 5.73 Å². The van der Waals surface area contributed by atoms with Gasteiger partial charge in [-0.3, -0.25) is 0 Å². The summed E-state index contributed by atoms with van der Waals surface area (Å²) in [5.74, 6) is 0.210. The molecule has 0 radical (unpaired) electrons. The SMILES string of the molecule is CCCCCS(=O)(=O)c1cn(CC=CN)c2ccccc12. The maximum Gasteiger partial charge on any atom is 0.180 e. The van der Waals surface area contributed by atoms with E-state index < -0.39 is 9.84 Å². The highest BCUT2D eigenvalue weighted by molar-refractivity contribution is 7.91. The first-order valence-corrected chi connectivity index (χ1v) is 8.92. The lowest BCUT2D eigenvalue weighted by Crippen LogP contribution is -2.06. The molecule has 2 aromatic rings. The average molecular weight is 306 g/mol. The topological polar surface area (TPSA) is 65.1 Å². The quantitative estimate of drug-likeness (QED) is 0.799. The molecule has 0 aliphatic rings. The summed E-state index contributed by atoms with van der Waals surface area (Å²) in [6, 6.07) is 7.59. The molecule has 0 aliphatic carbocycles. The van der Waals surface area contributed by atoms with Crippen LogP contribution >= 0.6 is 0 Å². The molecule has 0 atom stereocenters. The van der Waals surface area contributed by atoms with Crippen LogP contribution in [0.2, 0.25) is 0 Å². The van der Waals surface area contributed by atoms with E-state index in [0.29, 0.717) is 17.9 Å². The lowest BCUT2D eigenvalue weighted by molar-refractivity contribution is 0.591. The third-order valence-corrected chi connectivity index (χ3v) is 5.36. The molecule has 1 aromatic carbocycles. The number of sulfone groups is 1. The largest absolute Gasteiger partial charge is 0.405 e. The molecule has 5 heteroatoms. The van der Waals surface area contributed by atoms with Gasteiger partial charge in [0.15, 0.2) is 9.84 Å². The van der Waals surface area contributed by atoms with Crippen molar-refractivity contribution in [3.05, 3.63) is 42.7 Å². The molecule has 0 spiro atoms. The van der Waals surface area contributed by atoms with Crippen molar-refractivity contribution in [3.63, 3.8) is 0 Å². The Hall–Kier alpha value is -1.75. The molecule has 114 valence electrons. The van der Waals surface area contributed by atoms with Crippen molar-refractivity contribution < 1.29 is 8.42 Å². The summed E-state index contributed by atoms with van der Waals surface area (Å²) in [4.78, 5) is 0.430. The van der Waals surface area contributed by atoms with Gasteiger partial charge in [0.1, 0.15) is 0 Å². The number of hydrogen-bond acceptors (Lipinski definition) is 3. The number of fused-ring (bicyclic) bond motifs is 1. The monoisotopic (exact) mass is 306 g/mol. The second-order valence-electron chi connectivity index (χ2n) is 5.12. The zero-order valence-electron chi connectivity index (χ0n) is 12.3. The lowest BCUT2D eigenvalue weighted by atomic mass is 10.2. The maximum absolute atomic E-state index is 12.6. The zero-order chi connectivity index (χ0) is 15.3. The molecular formula is C16H22N2O2S. The molecule has 1 heterocycles. The van der Waals surface area contributed by atoms with Crippen LogP contribution in [0.4, 0.5) is 0 Å². The van der Waals surface area contributed by atoms with Gasteiger partial charge in [-0.15, -0.1) is 0 Å². The number of rotatable bonds is 7.